The maximum absolute atomic E-state index is 12.0. The van der Waals surface area contributed by atoms with E-state index in [0.717, 1.165) is 31.5 Å². The molecule has 98 valence electrons. The summed E-state index contributed by atoms with van der Waals surface area (Å²) in [6, 6.07) is 0.290. The monoisotopic (exact) mass is 266 g/mol. The molecule has 18 heavy (non-hydrogen) atoms. The van der Waals surface area contributed by atoms with E-state index in [1.54, 1.807) is 0 Å². The second-order valence-corrected chi connectivity index (χ2v) is 6.30. The molecular weight excluding hydrogens is 248 g/mol. The van der Waals surface area contributed by atoms with Crippen molar-refractivity contribution in [3.8, 4) is 0 Å². The Labute approximate surface area is 111 Å². The Balaban J connectivity index is 1.57. The van der Waals surface area contributed by atoms with Crippen LogP contribution in [0, 0.1) is 0 Å². The highest BCUT2D eigenvalue weighted by Gasteiger charge is 2.29. The summed E-state index contributed by atoms with van der Waals surface area (Å²) in [6.45, 7) is 0. The molecule has 2 unspecified atom stereocenters. The predicted molar refractivity (Wildman–Crippen MR) is 70.8 cm³/mol. The van der Waals surface area contributed by atoms with Gasteiger partial charge in [0.1, 0.15) is 5.82 Å². The normalized spacial score (nSPS) is 27.4. The predicted octanol–water partition coefficient (Wildman–Crippen LogP) is 1.70. The van der Waals surface area contributed by atoms with E-state index in [0.29, 0.717) is 17.0 Å². The standard InChI is InChI=1S/C12H18N4OS/c1-18-9-5-4-8(6-9)13-12(17)11-14-10(15-16-11)7-2-3-7/h7-9H,2-6H2,1H3,(H,13,17)(H,14,15,16). The summed E-state index contributed by atoms with van der Waals surface area (Å²) in [5.74, 6) is 1.54. The number of hydrogen-bond donors (Lipinski definition) is 2. The van der Waals surface area contributed by atoms with Crippen LogP contribution in [0.2, 0.25) is 0 Å². The van der Waals surface area contributed by atoms with Gasteiger partial charge in [-0.25, -0.2) is 4.98 Å². The van der Waals surface area contributed by atoms with Crippen LogP contribution in [0.25, 0.3) is 0 Å². The van der Waals surface area contributed by atoms with E-state index in [9.17, 15) is 4.79 Å². The Bertz CT molecular complexity index is 443. The quantitative estimate of drug-likeness (QED) is 0.870. The Hall–Kier alpha value is -1.04. The molecule has 1 aromatic heterocycles. The maximum Gasteiger partial charge on any atom is 0.291 e. The SMILES string of the molecule is CSC1CCC(NC(=O)c2n[nH]c(C3CC3)n2)C1. The van der Waals surface area contributed by atoms with Gasteiger partial charge < -0.3 is 5.32 Å². The van der Waals surface area contributed by atoms with Gasteiger partial charge >= 0.3 is 0 Å². The molecule has 2 saturated carbocycles. The fourth-order valence-corrected chi connectivity index (χ4v) is 3.25. The lowest BCUT2D eigenvalue weighted by molar-refractivity contribution is 0.0928. The maximum atomic E-state index is 12.0. The van der Waals surface area contributed by atoms with Crippen molar-refractivity contribution >= 4 is 17.7 Å². The number of thioether (sulfide) groups is 1. The van der Waals surface area contributed by atoms with Crippen LogP contribution in [0.4, 0.5) is 0 Å². The van der Waals surface area contributed by atoms with Crippen molar-refractivity contribution in [1.29, 1.82) is 0 Å². The van der Waals surface area contributed by atoms with Crippen molar-refractivity contribution in [2.45, 2.75) is 49.3 Å². The molecule has 1 aromatic rings. The molecular formula is C12H18N4OS. The van der Waals surface area contributed by atoms with Crippen molar-refractivity contribution in [3.05, 3.63) is 11.6 Å². The Morgan fingerprint density at radius 1 is 1.39 bits per heavy atom. The van der Waals surface area contributed by atoms with Gasteiger partial charge in [0.2, 0.25) is 5.82 Å². The van der Waals surface area contributed by atoms with Crippen LogP contribution >= 0.6 is 11.8 Å². The molecule has 0 aromatic carbocycles. The van der Waals surface area contributed by atoms with Gasteiger partial charge in [-0.05, 0) is 38.4 Å². The molecule has 6 heteroatoms. The fourth-order valence-electron chi connectivity index (χ4n) is 2.45. The van der Waals surface area contributed by atoms with E-state index in [1.165, 1.54) is 6.42 Å². The van der Waals surface area contributed by atoms with Crippen LogP contribution < -0.4 is 5.32 Å². The number of nitrogens with zero attached hydrogens (tertiary/aromatic N) is 2. The van der Waals surface area contributed by atoms with Gasteiger partial charge in [0.05, 0.1) is 0 Å². The molecule has 1 amide bonds. The molecule has 1 heterocycles. The van der Waals surface area contributed by atoms with E-state index >= 15 is 0 Å². The number of H-pyrrole nitrogens is 1. The van der Waals surface area contributed by atoms with Gasteiger partial charge in [-0.3, -0.25) is 9.89 Å². The number of hydrogen-bond acceptors (Lipinski definition) is 4. The minimum atomic E-state index is -0.134. The highest BCUT2D eigenvalue weighted by molar-refractivity contribution is 7.99. The number of carbonyl (C=O) groups excluding carboxylic acids is 1. The molecule has 2 atom stereocenters. The first-order valence-corrected chi connectivity index (χ1v) is 7.81. The number of amides is 1. The minimum absolute atomic E-state index is 0.134. The van der Waals surface area contributed by atoms with Crippen molar-refractivity contribution < 1.29 is 4.79 Å². The van der Waals surface area contributed by atoms with Gasteiger partial charge in [-0.2, -0.15) is 11.8 Å². The molecule has 0 saturated heterocycles. The van der Waals surface area contributed by atoms with Crippen LogP contribution in [-0.2, 0) is 0 Å². The third-order valence-corrected chi connectivity index (χ3v) is 4.82. The number of rotatable bonds is 4. The number of nitrogens with one attached hydrogen (secondary N) is 2. The molecule has 2 N–H and O–H groups in total. The summed E-state index contributed by atoms with van der Waals surface area (Å²) in [5, 5.41) is 10.6. The van der Waals surface area contributed by atoms with Crippen LogP contribution in [0.3, 0.4) is 0 Å². The third-order valence-electron chi connectivity index (χ3n) is 3.72. The molecule has 5 nitrogen and oxygen atoms in total. The summed E-state index contributed by atoms with van der Waals surface area (Å²) in [5.41, 5.74) is 0. The highest BCUT2D eigenvalue weighted by atomic mass is 32.2. The molecule has 3 rings (SSSR count). The van der Waals surface area contributed by atoms with Crippen LogP contribution in [0.1, 0.15) is 54.5 Å². The summed E-state index contributed by atoms with van der Waals surface area (Å²) < 4.78 is 0. The summed E-state index contributed by atoms with van der Waals surface area (Å²) in [6.07, 6.45) is 7.77. The summed E-state index contributed by atoms with van der Waals surface area (Å²) >= 11 is 1.89. The Morgan fingerprint density at radius 3 is 2.89 bits per heavy atom. The molecule has 2 aliphatic carbocycles. The zero-order chi connectivity index (χ0) is 12.5. The lowest BCUT2D eigenvalue weighted by Crippen LogP contribution is -2.33. The van der Waals surface area contributed by atoms with Crippen LogP contribution in [0.5, 0.6) is 0 Å². The van der Waals surface area contributed by atoms with Crippen molar-refractivity contribution in [2.24, 2.45) is 0 Å². The van der Waals surface area contributed by atoms with E-state index in [2.05, 4.69) is 26.8 Å². The molecule has 0 aliphatic heterocycles. The van der Waals surface area contributed by atoms with E-state index < -0.39 is 0 Å². The fraction of sp³-hybridized carbons (Fsp3) is 0.750. The minimum Gasteiger partial charge on any atom is -0.346 e. The second kappa shape index (κ2) is 4.91. The first-order valence-electron chi connectivity index (χ1n) is 6.52. The Kier molecular flexibility index (Phi) is 3.28. The van der Waals surface area contributed by atoms with E-state index in [4.69, 9.17) is 0 Å². The summed E-state index contributed by atoms with van der Waals surface area (Å²) in [4.78, 5) is 16.3. The molecule has 0 spiro atoms. The number of aromatic amines is 1. The van der Waals surface area contributed by atoms with Gasteiger partial charge in [0.25, 0.3) is 5.91 Å². The molecule has 2 aliphatic rings. The van der Waals surface area contributed by atoms with Gasteiger partial charge in [-0.1, -0.05) is 0 Å². The highest BCUT2D eigenvalue weighted by Crippen LogP contribution is 2.37. The van der Waals surface area contributed by atoms with Crippen molar-refractivity contribution in [2.75, 3.05) is 6.26 Å². The van der Waals surface area contributed by atoms with Crippen molar-refractivity contribution in [3.63, 3.8) is 0 Å². The second-order valence-electron chi connectivity index (χ2n) is 5.16. The van der Waals surface area contributed by atoms with Crippen LogP contribution in [0.15, 0.2) is 0 Å². The van der Waals surface area contributed by atoms with Crippen molar-refractivity contribution in [1.82, 2.24) is 20.5 Å². The molecule has 0 radical (unpaired) electrons. The van der Waals surface area contributed by atoms with Gasteiger partial charge in [-0.15, -0.1) is 5.10 Å². The van der Waals surface area contributed by atoms with Gasteiger partial charge in [0.15, 0.2) is 0 Å². The Morgan fingerprint density at radius 2 is 2.22 bits per heavy atom. The van der Waals surface area contributed by atoms with Crippen LogP contribution in [-0.4, -0.2) is 38.6 Å². The molecule has 2 fully saturated rings. The lowest BCUT2D eigenvalue weighted by Gasteiger charge is -2.10. The summed E-state index contributed by atoms with van der Waals surface area (Å²) in [7, 11) is 0. The smallest absolute Gasteiger partial charge is 0.291 e. The number of aromatic nitrogens is 3. The van der Waals surface area contributed by atoms with E-state index in [-0.39, 0.29) is 11.9 Å². The average Bonchev–Trinajstić information content (AvgIpc) is 2.93. The van der Waals surface area contributed by atoms with Gasteiger partial charge in [0, 0.05) is 17.2 Å². The number of carbonyl (C=O) groups is 1. The van der Waals surface area contributed by atoms with E-state index in [1.807, 2.05) is 11.8 Å². The lowest BCUT2D eigenvalue weighted by atomic mass is 10.2. The first kappa shape index (κ1) is 12.0. The zero-order valence-corrected chi connectivity index (χ0v) is 11.3. The third kappa shape index (κ3) is 2.53. The average molecular weight is 266 g/mol. The first-order chi connectivity index (χ1) is 8.76. The zero-order valence-electron chi connectivity index (χ0n) is 10.5. The topological polar surface area (TPSA) is 70.7 Å². The largest absolute Gasteiger partial charge is 0.346 e. The molecule has 0 bridgehead atoms.